The largest absolute Gasteiger partial charge is 0.494 e. The third kappa shape index (κ3) is 3.76. The lowest BCUT2D eigenvalue weighted by atomic mass is 10.0. The SMILES string of the molecule is O=C(O)c1cc(Cn2c(O)c3c(c2-c2ccccc2)C(=O)N=C3c2ccccc2)cc(C(=O)O)c1. The van der Waals surface area contributed by atoms with Crippen LogP contribution in [-0.4, -0.2) is 43.4 Å². The van der Waals surface area contributed by atoms with E-state index < -0.39 is 17.8 Å². The summed E-state index contributed by atoms with van der Waals surface area (Å²) in [5, 5.41) is 30.3. The maximum Gasteiger partial charge on any atom is 0.335 e. The summed E-state index contributed by atoms with van der Waals surface area (Å²) in [5.41, 5.74) is 2.54. The Bertz CT molecular complexity index is 1500. The van der Waals surface area contributed by atoms with E-state index in [9.17, 15) is 29.7 Å². The van der Waals surface area contributed by atoms with Crippen LogP contribution in [0.5, 0.6) is 5.88 Å². The maximum atomic E-state index is 13.1. The Morgan fingerprint density at radius 2 is 1.31 bits per heavy atom. The molecule has 0 unspecified atom stereocenters. The van der Waals surface area contributed by atoms with Crippen molar-refractivity contribution in [3.63, 3.8) is 0 Å². The van der Waals surface area contributed by atoms with Crippen molar-refractivity contribution < 1.29 is 29.7 Å². The second kappa shape index (κ2) is 8.42. The molecule has 8 heteroatoms. The standard InChI is InChI=1S/C27H18N2O6/c30-24-21-20(22(28-24)16-7-3-1-4-8-16)25(31)29(23(21)17-9-5-2-6-10-17)14-15-11-18(26(32)33)13-19(12-15)27(34)35/h1-13,31H,14H2,(H,32,33)(H,34,35). The molecule has 5 rings (SSSR count). The Morgan fingerprint density at radius 1 is 0.771 bits per heavy atom. The Labute approximate surface area is 199 Å². The number of carboxylic acid groups (broad SMARTS) is 2. The number of fused-ring (bicyclic) bond motifs is 1. The van der Waals surface area contributed by atoms with Crippen LogP contribution in [0.15, 0.2) is 83.9 Å². The highest BCUT2D eigenvalue weighted by Gasteiger charge is 2.36. The molecule has 3 N–H and O–H groups in total. The molecule has 1 aromatic heterocycles. The minimum absolute atomic E-state index is 0.0696. The molecule has 4 aromatic rings. The van der Waals surface area contributed by atoms with Gasteiger partial charge in [-0.1, -0.05) is 60.7 Å². The number of carbonyl (C=O) groups is 3. The van der Waals surface area contributed by atoms with Gasteiger partial charge in [0.15, 0.2) is 0 Å². The Hall–Kier alpha value is -4.98. The number of benzene rings is 3. The van der Waals surface area contributed by atoms with Gasteiger partial charge in [0.05, 0.1) is 40.2 Å². The molecule has 3 aromatic carbocycles. The third-order valence-corrected chi connectivity index (χ3v) is 5.82. The number of hydrogen-bond donors (Lipinski definition) is 3. The summed E-state index contributed by atoms with van der Waals surface area (Å²) in [6.45, 7) is -0.0696. The van der Waals surface area contributed by atoms with Crippen molar-refractivity contribution in [3.05, 3.63) is 112 Å². The lowest BCUT2D eigenvalue weighted by Crippen LogP contribution is -2.09. The monoisotopic (exact) mass is 466 g/mol. The normalized spacial score (nSPS) is 12.3. The van der Waals surface area contributed by atoms with Gasteiger partial charge in [-0.15, -0.1) is 0 Å². The highest BCUT2D eigenvalue weighted by Crippen LogP contribution is 2.41. The van der Waals surface area contributed by atoms with E-state index in [0.29, 0.717) is 28.1 Å². The van der Waals surface area contributed by atoms with Crippen LogP contribution < -0.4 is 0 Å². The zero-order valence-corrected chi connectivity index (χ0v) is 18.2. The van der Waals surface area contributed by atoms with Crippen molar-refractivity contribution in [2.45, 2.75) is 6.54 Å². The van der Waals surface area contributed by atoms with E-state index in [2.05, 4.69) is 4.99 Å². The van der Waals surface area contributed by atoms with Gasteiger partial charge in [0.1, 0.15) is 0 Å². The molecule has 1 amide bonds. The van der Waals surface area contributed by atoms with Gasteiger partial charge in [-0.3, -0.25) is 4.79 Å². The van der Waals surface area contributed by atoms with E-state index in [1.165, 1.54) is 16.7 Å². The quantitative estimate of drug-likeness (QED) is 0.389. The van der Waals surface area contributed by atoms with Gasteiger partial charge in [-0.05, 0) is 29.3 Å². The zero-order chi connectivity index (χ0) is 24.7. The van der Waals surface area contributed by atoms with Gasteiger partial charge in [-0.25, -0.2) is 14.6 Å². The molecule has 172 valence electrons. The number of nitrogens with zero attached hydrogens (tertiary/aromatic N) is 2. The smallest absolute Gasteiger partial charge is 0.335 e. The second-order valence-electron chi connectivity index (χ2n) is 8.03. The Morgan fingerprint density at radius 3 is 1.86 bits per heavy atom. The van der Waals surface area contributed by atoms with Gasteiger partial charge in [0, 0.05) is 5.56 Å². The number of aliphatic imine (C=N–C) groups is 1. The summed E-state index contributed by atoms with van der Waals surface area (Å²) < 4.78 is 1.49. The summed E-state index contributed by atoms with van der Waals surface area (Å²) in [4.78, 5) is 40.5. The van der Waals surface area contributed by atoms with E-state index >= 15 is 0 Å². The average Bonchev–Trinajstić information content (AvgIpc) is 3.35. The fourth-order valence-electron chi connectivity index (χ4n) is 4.32. The highest BCUT2D eigenvalue weighted by molar-refractivity contribution is 6.30. The van der Waals surface area contributed by atoms with Crippen molar-refractivity contribution in [2.24, 2.45) is 4.99 Å². The van der Waals surface area contributed by atoms with Crippen molar-refractivity contribution >= 4 is 23.6 Å². The predicted molar refractivity (Wildman–Crippen MR) is 127 cm³/mol. The van der Waals surface area contributed by atoms with Gasteiger partial charge < -0.3 is 19.9 Å². The molecule has 8 nitrogen and oxygen atoms in total. The first-order valence-electron chi connectivity index (χ1n) is 10.7. The highest BCUT2D eigenvalue weighted by atomic mass is 16.4. The number of aromatic carboxylic acids is 2. The van der Waals surface area contributed by atoms with Crippen LogP contribution in [0, 0.1) is 0 Å². The molecule has 1 aliphatic heterocycles. The fourth-order valence-corrected chi connectivity index (χ4v) is 4.32. The van der Waals surface area contributed by atoms with E-state index in [4.69, 9.17) is 0 Å². The number of aromatic hydroxyl groups is 1. The molecule has 0 radical (unpaired) electrons. The van der Waals surface area contributed by atoms with Crippen LogP contribution >= 0.6 is 0 Å². The number of hydrogen-bond acceptors (Lipinski definition) is 4. The molecule has 0 aliphatic carbocycles. The predicted octanol–water partition coefficient (Wildman–Crippen LogP) is 4.30. The van der Waals surface area contributed by atoms with Gasteiger partial charge in [0.25, 0.3) is 5.91 Å². The number of carbonyl (C=O) groups excluding carboxylic acids is 1. The number of aromatic nitrogens is 1. The molecule has 0 bridgehead atoms. The molecule has 0 fully saturated rings. The molecule has 2 heterocycles. The van der Waals surface area contributed by atoms with Crippen molar-refractivity contribution in [2.75, 3.05) is 0 Å². The molecular formula is C27H18N2O6. The topological polar surface area (TPSA) is 129 Å². The summed E-state index contributed by atoms with van der Waals surface area (Å²) in [5.74, 6) is -3.27. The number of carboxylic acids is 2. The van der Waals surface area contributed by atoms with Crippen LogP contribution in [0.4, 0.5) is 0 Å². The van der Waals surface area contributed by atoms with Gasteiger partial charge >= 0.3 is 11.9 Å². The molecule has 0 atom stereocenters. The van der Waals surface area contributed by atoms with Crippen LogP contribution in [0.1, 0.15) is 47.8 Å². The number of amides is 1. The van der Waals surface area contributed by atoms with E-state index in [-0.39, 0.29) is 34.7 Å². The first-order chi connectivity index (χ1) is 16.8. The second-order valence-corrected chi connectivity index (χ2v) is 8.03. The molecule has 0 spiro atoms. The summed E-state index contributed by atoms with van der Waals surface area (Å²) in [6, 6.07) is 21.8. The zero-order valence-electron chi connectivity index (χ0n) is 18.2. The molecule has 1 aliphatic rings. The van der Waals surface area contributed by atoms with Gasteiger partial charge in [-0.2, -0.15) is 0 Å². The molecule has 0 saturated carbocycles. The summed E-state index contributed by atoms with van der Waals surface area (Å²) >= 11 is 0. The van der Waals surface area contributed by atoms with Crippen molar-refractivity contribution in [3.8, 4) is 17.1 Å². The number of rotatable bonds is 6. The molecule has 35 heavy (non-hydrogen) atoms. The molecule has 0 saturated heterocycles. The van der Waals surface area contributed by atoms with Gasteiger partial charge in [0.2, 0.25) is 5.88 Å². The maximum absolute atomic E-state index is 13.1. The third-order valence-electron chi connectivity index (χ3n) is 5.82. The van der Waals surface area contributed by atoms with Crippen molar-refractivity contribution in [1.82, 2.24) is 4.57 Å². The lowest BCUT2D eigenvalue weighted by Gasteiger charge is -2.14. The van der Waals surface area contributed by atoms with E-state index in [1.54, 1.807) is 48.5 Å². The summed E-state index contributed by atoms with van der Waals surface area (Å²) in [6.07, 6.45) is 0. The lowest BCUT2D eigenvalue weighted by molar-refractivity contribution is 0.0696. The minimum atomic E-state index is -1.27. The van der Waals surface area contributed by atoms with Crippen LogP contribution in [0.25, 0.3) is 11.3 Å². The fraction of sp³-hybridized carbons (Fsp3) is 0.0370. The van der Waals surface area contributed by atoms with Crippen LogP contribution in [0.3, 0.4) is 0 Å². The Balaban J connectivity index is 1.73. The van der Waals surface area contributed by atoms with Crippen LogP contribution in [-0.2, 0) is 6.54 Å². The minimum Gasteiger partial charge on any atom is -0.494 e. The van der Waals surface area contributed by atoms with E-state index in [0.717, 1.165) is 6.07 Å². The van der Waals surface area contributed by atoms with Crippen LogP contribution in [0.2, 0.25) is 0 Å². The van der Waals surface area contributed by atoms with E-state index in [1.807, 2.05) is 12.1 Å². The first kappa shape index (κ1) is 21.8. The molecular weight excluding hydrogens is 448 g/mol. The first-order valence-corrected chi connectivity index (χ1v) is 10.7. The Kier molecular flexibility index (Phi) is 5.25. The summed E-state index contributed by atoms with van der Waals surface area (Å²) in [7, 11) is 0. The van der Waals surface area contributed by atoms with Crippen molar-refractivity contribution in [1.29, 1.82) is 0 Å². The average molecular weight is 466 g/mol.